The molecule has 1 aliphatic heterocycles. The van der Waals surface area contributed by atoms with Gasteiger partial charge in [-0.05, 0) is 6.42 Å². The molecule has 1 heterocycles. The highest BCUT2D eigenvalue weighted by molar-refractivity contribution is 6.02. The molecule has 76 valence electrons. The van der Waals surface area contributed by atoms with E-state index < -0.39 is 6.03 Å². The standard InChI is InChI=1S/C8H12N4O2/c1-2-3-4-6(9)11-12-5-7(13)10-8(12)14/h2H,1,3-5H2,(H2,9,11)(H,10,13,14). The number of hydrazine groups is 1. The van der Waals surface area contributed by atoms with Gasteiger partial charge in [-0.3, -0.25) is 20.9 Å². The van der Waals surface area contributed by atoms with Crippen molar-refractivity contribution in [2.75, 3.05) is 6.54 Å². The maximum Gasteiger partial charge on any atom is 0.343 e. The van der Waals surface area contributed by atoms with E-state index in [0.29, 0.717) is 12.8 Å². The molecule has 0 aliphatic carbocycles. The predicted octanol–water partition coefficient (Wildman–Crippen LogP) is -0.0137. The number of imide groups is 1. The Kier molecular flexibility index (Phi) is 3.22. The summed E-state index contributed by atoms with van der Waals surface area (Å²) in [4.78, 5) is 21.8. The Balaban J connectivity index is 2.37. The van der Waals surface area contributed by atoms with Gasteiger partial charge in [-0.2, -0.15) is 0 Å². The molecule has 0 aromatic rings. The van der Waals surface area contributed by atoms with Gasteiger partial charge in [0.15, 0.2) is 0 Å². The zero-order chi connectivity index (χ0) is 10.6. The molecule has 1 aliphatic rings. The number of carbonyl (C=O) groups is 2. The van der Waals surface area contributed by atoms with E-state index >= 15 is 0 Å². The van der Waals surface area contributed by atoms with Crippen LogP contribution in [0.4, 0.5) is 4.79 Å². The molecule has 1 rings (SSSR count). The molecular formula is C8H12N4O2. The van der Waals surface area contributed by atoms with Crippen LogP contribution in [0.15, 0.2) is 12.7 Å². The number of nitrogens with zero attached hydrogens (tertiary/aromatic N) is 1. The van der Waals surface area contributed by atoms with Gasteiger partial charge in [-0.15, -0.1) is 6.58 Å². The number of nitrogens with one attached hydrogen (secondary N) is 3. The van der Waals surface area contributed by atoms with Crippen LogP contribution in [0.25, 0.3) is 0 Å². The lowest BCUT2D eigenvalue weighted by Crippen LogP contribution is -2.43. The Morgan fingerprint density at radius 1 is 1.71 bits per heavy atom. The first kappa shape index (κ1) is 10.2. The van der Waals surface area contributed by atoms with Crippen LogP contribution in [0, 0.1) is 5.41 Å². The second-order valence-electron chi connectivity index (χ2n) is 2.86. The van der Waals surface area contributed by atoms with Gasteiger partial charge < -0.3 is 0 Å². The van der Waals surface area contributed by atoms with Gasteiger partial charge in [0.2, 0.25) is 5.91 Å². The average molecular weight is 196 g/mol. The van der Waals surface area contributed by atoms with Crippen LogP contribution in [0.1, 0.15) is 12.8 Å². The summed E-state index contributed by atoms with van der Waals surface area (Å²) in [6, 6.07) is -0.515. The lowest BCUT2D eigenvalue weighted by atomic mass is 10.3. The van der Waals surface area contributed by atoms with Crippen LogP contribution in [0.5, 0.6) is 0 Å². The molecule has 0 saturated carbocycles. The average Bonchev–Trinajstić information content (AvgIpc) is 2.42. The van der Waals surface area contributed by atoms with Gasteiger partial charge in [0.05, 0.1) is 0 Å². The highest BCUT2D eigenvalue weighted by atomic mass is 16.2. The van der Waals surface area contributed by atoms with Crippen LogP contribution >= 0.6 is 0 Å². The number of allylic oxidation sites excluding steroid dienone is 1. The highest BCUT2D eigenvalue weighted by Crippen LogP contribution is 1.96. The molecule has 3 amide bonds. The summed E-state index contributed by atoms with van der Waals surface area (Å²) in [6.45, 7) is 3.47. The molecule has 1 fully saturated rings. The predicted molar refractivity (Wildman–Crippen MR) is 50.5 cm³/mol. The van der Waals surface area contributed by atoms with Gasteiger partial charge in [-0.1, -0.05) is 6.08 Å². The lowest BCUT2D eigenvalue weighted by Gasteiger charge is -2.15. The second-order valence-corrected chi connectivity index (χ2v) is 2.86. The summed E-state index contributed by atoms with van der Waals surface area (Å²) in [6.07, 6.45) is 2.82. The Labute approximate surface area is 81.4 Å². The van der Waals surface area contributed by atoms with Crippen molar-refractivity contribution in [2.45, 2.75) is 12.8 Å². The maximum atomic E-state index is 11.0. The molecule has 0 bridgehead atoms. The van der Waals surface area contributed by atoms with Crippen LogP contribution in [-0.2, 0) is 4.79 Å². The SMILES string of the molecule is C=CCCC(=N)NN1CC(=O)NC1=O. The van der Waals surface area contributed by atoms with E-state index in [4.69, 9.17) is 5.41 Å². The number of urea groups is 1. The number of amides is 3. The van der Waals surface area contributed by atoms with Gasteiger partial charge in [-0.25, -0.2) is 9.80 Å². The van der Waals surface area contributed by atoms with E-state index in [2.05, 4.69) is 17.3 Å². The molecule has 0 spiro atoms. The molecule has 3 N–H and O–H groups in total. The number of hydrogen-bond acceptors (Lipinski definition) is 3. The second kappa shape index (κ2) is 4.40. The first-order valence-electron chi connectivity index (χ1n) is 4.20. The Morgan fingerprint density at radius 2 is 2.43 bits per heavy atom. The van der Waals surface area contributed by atoms with Gasteiger partial charge in [0.1, 0.15) is 12.4 Å². The molecule has 6 nitrogen and oxygen atoms in total. The van der Waals surface area contributed by atoms with Crippen molar-refractivity contribution in [1.82, 2.24) is 15.8 Å². The minimum atomic E-state index is -0.515. The van der Waals surface area contributed by atoms with Gasteiger partial charge in [0, 0.05) is 6.42 Å². The van der Waals surface area contributed by atoms with E-state index in [1.54, 1.807) is 6.08 Å². The normalized spacial score (nSPS) is 15.3. The minimum absolute atomic E-state index is 0.0463. The summed E-state index contributed by atoms with van der Waals surface area (Å²) >= 11 is 0. The van der Waals surface area contributed by atoms with Crippen LogP contribution < -0.4 is 10.7 Å². The fourth-order valence-electron chi connectivity index (χ4n) is 0.997. The van der Waals surface area contributed by atoms with Crippen molar-refractivity contribution < 1.29 is 9.59 Å². The topological polar surface area (TPSA) is 85.3 Å². The number of rotatable bonds is 4. The largest absolute Gasteiger partial charge is 0.343 e. The number of amidine groups is 1. The van der Waals surface area contributed by atoms with Crippen molar-refractivity contribution in [3.05, 3.63) is 12.7 Å². The lowest BCUT2D eigenvalue weighted by molar-refractivity contribution is -0.118. The third-order valence-electron chi connectivity index (χ3n) is 1.66. The van der Waals surface area contributed by atoms with E-state index in [0.717, 1.165) is 5.01 Å². The first-order chi connectivity index (χ1) is 6.63. The molecule has 0 radical (unpaired) electrons. The Morgan fingerprint density at radius 3 is 2.93 bits per heavy atom. The molecule has 0 unspecified atom stereocenters. The van der Waals surface area contributed by atoms with Crippen LogP contribution in [-0.4, -0.2) is 29.3 Å². The summed E-state index contributed by atoms with van der Waals surface area (Å²) in [5.41, 5.74) is 2.53. The fraction of sp³-hybridized carbons (Fsp3) is 0.375. The van der Waals surface area contributed by atoms with E-state index in [1.165, 1.54) is 0 Å². The van der Waals surface area contributed by atoms with Crippen molar-refractivity contribution in [2.24, 2.45) is 0 Å². The minimum Gasteiger partial charge on any atom is -0.287 e. The molecule has 14 heavy (non-hydrogen) atoms. The summed E-state index contributed by atoms with van der Waals surface area (Å²) in [5, 5.41) is 10.6. The quantitative estimate of drug-likeness (QED) is 0.256. The van der Waals surface area contributed by atoms with Gasteiger partial charge in [0.25, 0.3) is 0 Å². The number of hydrogen-bond donors (Lipinski definition) is 3. The molecule has 0 aromatic carbocycles. The first-order valence-corrected chi connectivity index (χ1v) is 4.20. The van der Waals surface area contributed by atoms with Crippen molar-refractivity contribution in [1.29, 1.82) is 5.41 Å². The van der Waals surface area contributed by atoms with E-state index in [-0.39, 0.29) is 18.3 Å². The maximum absolute atomic E-state index is 11.0. The van der Waals surface area contributed by atoms with Gasteiger partial charge >= 0.3 is 6.03 Å². The fourth-order valence-corrected chi connectivity index (χ4v) is 0.997. The van der Waals surface area contributed by atoms with Crippen LogP contribution in [0.3, 0.4) is 0 Å². The van der Waals surface area contributed by atoms with Crippen molar-refractivity contribution >= 4 is 17.8 Å². The van der Waals surface area contributed by atoms with Crippen molar-refractivity contribution in [3.63, 3.8) is 0 Å². The van der Waals surface area contributed by atoms with Crippen molar-refractivity contribution in [3.8, 4) is 0 Å². The summed E-state index contributed by atoms with van der Waals surface area (Å²) in [5.74, 6) is -0.172. The highest BCUT2D eigenvalue weighted by Gasteiger charge is 2.26. The Bertz CT molecular complexity index is 287. The molecule has 6 heteroatoms. The zero-order valence-corrected chi connectivity index (χ0v) is 7.67. The third-order valence-corrected chi connectivity index (χ3v) is 1.66. The van der Waals surface area contributed by atoms with Crippen LogP contribution in [0.2, 0.25) is 0 Å². The number of carbonyl (C=O) groups excluding carboxylic acids is 2. The Hall–Kier alpha value is -1.85. The molecule has 0 aromatic heterocycles. The monoisotopic (exact) mass is 196 g/mol. The molecular weight excluding hydrogens is 184 g/mol. The third kappa shape index (κ3) is 2.58. The molecule has 1 saturated heterocycles. The smallest absolute Gasteiger partial charge is 0.287 e. The van der Waals surface area contributed by atoms with E-state index in [1.807, 2.05) is 0 Å². The molecule has 0 atom stereocenters. The van der Waals surface area contributed by atoms with E-state index in [9.17, 15) is 9.59 Å². The summed E-state index contributed by atoms with van der Waals surface area (Å²) in [7, 11) is 0. The summed E-state index contributed by atoms with van der Waals surface area (Å²) < 4.78 is 0. The zero-order valence-electron chi connectivity index (χ0n) is 7.67.